The van der Waals surface area contributed by atoms with Crippen LogP contribution in [0.25, 0.3) is 0 Å². The van der Waals surface area contributed by atoms with Crippen molar-refractivity contribution in [3.63, 3.8) is 0 Å². The average molecular weight is 436 g/mol. The average Bonchev–Trinajstić information content (AvgIpc) is 2.48. The fourth-order valence-corrected chi connectivity index (χ4v) is 2.54. The van der Waals surface area contributed by atoms with Crippen LogP contribution in [0.3, 0.4) is 0 Å². The van der Waals surface area contributed by atoms with E-state index in [9.17, 15) is 70.2 Å². The first kappa shape index (κ1) is 21.7. The van der Waals surface area contributed by atoms with Gasteiger partial charge in [0.05, 0.1) is 5.57 Å². The van der Waals surface area contributed by atoms with Crippen molar-refractivity contribution in [3.8, 4) is 0 Å². The molecule has 0 unspecified atom stereocenters. The van der Waals surface area contributed by atoms with Gasteiger partial charge in [-0.15, -0.1) is 0 Å². The highest BCUT2D eigenvalue weighted by molar-refractivity contribution is 5.62. The molecule has 156 valence electrons. The Kier molecular flexibility index (Phi) is 3.89. The van der Waals surface area contributed by atoms with Crippen LogP contribution in [-0.4, -0.2) is 41.2 Å². The summed E-state index contributed by atoms with van der Waals surface area (Å²) in [7, 11) is 0. The van der Waals surface area contributed by atoms with E-state index in [1.807, 2.05) is 0 Å². The molecule has 2 aliphatic carbocycles. The highest BCUT2D eigenvalue weighted by Crippen LogP contribution is 2.74. The van der Waals surface area contributed by atoms with Gasteiger partial charge in [-0.3, -0.25) is 0 Å². The molecule has 0 aromatic heterocycles. The first-order valence-corrected chi connectivity index (χ1v) is 6.02. The van der Waals surface area contributed by atoms with Gasteiger partial charge in [0.25, 0.3) is 11.7 Å². The topological polar surface area (TPSA) is 0 Å². The predicted octanol–water partition coefficient (Wildman–Crippen LogP) is 5.91. The zero-order valence-corrected chi connectivity index (χ0v) is 11.5. The van der Waals surface area contributed by atoms with Crippen molar-refractivity contribution in [2.75, 3.05) is 0 Å². The lowest BCUT2D eigenvalue weighted by Crippen LogP contribution is -2.84. The highest BCUT2D eigenvalue weighted by Gasteiger charge is 3.02. The van der Waals surface area contributed by atoms with E-state index in [-0.39, 0.29) is 0 Å². The number of hydrogen-bond acceptors (Lipinski definition) is 0. The normalized spacial score (nSPS) is 31.3. The molecule has 27 heavy (non-hydrogen) atoms. The van der Waals surface area contributed by atoms with Gasteiger partial charge in [-0.2, -0.15) is 61.5 Å². The van der Waals surface area contributed by atoms with Gasteiger partial charge in [0.15, 0.2) is 5.83 Å². The molecule has 2 aliphatic rings. The minimum Gasteiger partial charge on any atom is -0.224 e. The lowest BCUT2D eigenvalue weighted by Gasteiger charge is -2.54. The minimum atomic E-state index is -7.74. The van der Waals surface area contributed by atoms with Crippen LogP contribution in [0.2, 0.25) is 0 Å². The van der Waals surface area contributed by atoms with E-state index in [1.54, 1.807) is 0 Å². The molecule has 0 heterocycles. The molecule has 0 bridgehead atoms. The van der Waals surface area contributed by atoms with Gasteiger partial charge >= 0.3 is 35.5 Å². The molecule has 1 saturated carbocycles. The highest BCUT2D eigenvalue weighted by atomic mass is 19.4. The SMILES string of the molecule is FC(F)=C1C(C2(F)C(F)(F)C(F)(F)C(F)(F)C(F)(F)C2(F)F)=C(F)C1(F)F. The summed E-state index contributed by atoms with van der Waals surface area (Å²) in [4.78, 5) is 0. The molecule has 0 N–H and O–H groups in total. The Hall–Kier alpha value is -1.64. The zero-order valence-electron chi connectivity index (χ0n) is 11.5. The second-order valence-corrected chi connectivity index (χ2v) is 5.43. The zero-order chi connectivity index (χ0) is 21.8. The maximum atomic E-state index is 14.3. The van der Waals surface area contributed by atoms with Crippen LogP contribution in [-0.2, 0) is 0 Å². The lowest BCUT2D eigenvalue weighted by atomic mass is 9.63. The summed E-state index contributed by atoms with van der Waals surface area (Å²) in [6, 6.07) is 0. The molecule has 0 saturated heterocycles. The van der Waals surface area contributed by atoms with Crippen LogP contribution >= 0.6 is 0 Å². The first-order chi connectivity index (χ1) is 11.6. The van der Waals surface area contributed by atoms with E-state index in [2.05, 4.69) is 0 Å². The van der Waals surface area contributed by atoms with Crippen molar-refractivity contribution >= 4 is 0 Å². The van der Waals surface area contributed by atoms with Crippen LogP contribution < -0.4 is 0 Å². The number of hydrogen-bond donors (Lipinski definition) is 0. The van der Waals surface area contributed by atoms with Gasteiger partial charge < -0.3 is 0 Å². The molecule has 2 rings (SSSR count). The minimum absolute atomic E-state index is 3.67. The van der Waals surface area contributed by atoms with Crippen LogP contribution in [0.4, 0.5) is 70.2 Å². The third-order valence-corrected chi connectivity index (χ3v) is 4.04. The van der Waals surface area contributed by atoms with Crippen molar-refractivity contribution in [2.45, 2.75) is 41.2 Å². The van der Waals surface area contributed by atoms with Gasteiger partial charge in [-0.25, -0.2) is 8.78 Å². The quantitative estimate of drug-likeness (QED) is 0.449. The summed E-state index contributed by atoms with van der Waals surface area (Å²) < 4.78 is 211. The van der Waals surface area contributed by atoms with E-state index in [0.717, 1.165) is 0 Å². The monoisotopic (exact) mass is 436 g/mol. The fraction of sp³-hybridized carbons (Fsp3) is 0.636. The van der Waals surface area contributed by atoms with Crippen molar-refractivity contribution in [2.24, 2.45) is 0 Å². The number of rotatable bonds is 1. The van der Waals surface area contributed by atoms with Crippen LogP contribution in [0, 0.1) is 0 Å². The van der Waals surface area contributed by atoms with Crippen molar-refractivity contribution in [1.82, 2.24) is 0 Å². The lowest BCUT2D eigenvalue weighted by molar-refractivity contribution is -0.479. The summed E-state index contributed by atoms with van der Waals surface area (Å²) in [6.07, 6.45) is -4.08. The van der Waals surface area contributed by atoms with E-state index in [4.69, 9.17) is 0 Å². The standard InChI is InChI=1S/C11F16/c12-3-1(2(4(13)14)5(3,15)16)6(17)7(18,19)9(22,23)11(26,27)10(24,25)8(6,20)21. The summed E-state index contributed by atoms with van der Waals surface area (Å²) >= 11 is 0. The summed E-state index contributed by atoms with van der Waals surface area (Å²) in [5.41, 5.74) is -15.0. The molecular weight excluding hydrogens is 436 g/mol. The molecule has 0 amide bonds. The van der Waals surface area contributed by atoms with Crippen LogP contribution in [0.15, 0.2) is 23.1 Å². The third kappa shape index (κ3) is 1.80. The summed E-state index contributed by atoms with van der Waals surface area (Å²) in [6.45, 7) is 0. The molecule has 0 aromatic rings. The van der Waals surface area contributed by atoms with Gasteiger partial charge in [-0.05, 0) is 0 Å². The van der Waals surface area contributed by atoms with Crippen molar-refractivity contribution in [1.29, 1.82) is 0 Å². The van der Waals surface area contributed by atoms with Crippen LogP contribution in [0.5, 0.6) is 0 Å². The Bertz CT molecular complexity index is 718. The number of alkyl halides is 13. The van der Waals surface area contributed by atoms with E-state index in [1.165, 1.54) is 0 Å². The molecule has 0 radical (unpaired) electrons. The molecule has 1 fully saturated rings. The Morgan fingerprint density at radius 1 is 0.519 bits per heavy atom. The third-order valence-electron chi connectivity index (χ3n) is 4.04. The number of allylic oxidation sites excluding steroid dienone is 3. The maximum Gasteiger partial charge on any atom is 0.384 e. The van der Waals surface area contributed by atoms with Crippen LogP contribution in [0.1, 0.15) is 0 Å². The van der Waals surface area contributed by atoms with E-state index in [0.29, 0.717) is 0 Å². The Labute approximate surface area is 136 Å². The van der Waals surface area contributed by atoms with Gasteiger partial charge in [-0.1, -0.05) is 0 Å². The van der Waals surface area contributed by atoms with Crippen molar-refractivity contribution < 1.29 is 70.2 Å². The smallest absolute Gasteiger partial charge is 0.224 e. The molecule has 0 atom stereocenters. The number of halogens is 16. The summed E-state index contributed by atoms with van der Waals surface area (Å²) in [5, 5.41) is 0. The van der Waals surface area contributed by atoms with Gasteiger partial charge in [0.2, 0.25) is 0 Å². The predicted molar refractivity (Wildman–Crippen MR) is 50.9 cm³/mol. The largest absolute Gasteiger partial charge is 0.384 e. The molecule has 0 spiro atoms. The fourth-order valence-electron chi connectivity index (χ4n) is 2.54. The Balaban J connectivity index is 3.02. The maximum absolute atomic E-state index is 14.3. The molecular formula is C11F16. The second kappa shape index (κ2) is 4.85. The van der Waals surface area contributed by atoms with E-state index >= 15 is 0 Å². The molecule has 16 heteroatoms. The first-order valence-electron chi connectivity index (χ1n) is 6.02. The second-order valence-electron chi connectivity index (χ2n) is 5.43. The molecule has 0 aliphatic heterocycles. The van der Waals surface area contributed by atoms with Gasteiger partial charge in [0, 0.05) is 0 Å². The molecule has 0 aromatic carbocycles. The van der Waals surface area contributed by atoms with Gasteiger partial charge in [0.1, 0.15) is 5.57 Å². The Morgan fingerprint density at radius 3 is 1.11 bits per heavy atom. The Morgan fingerprint density at radius 2 is 0.815 bits per heavy atom. The van der Waals surface area contributed by atoms with E-state index < -0.39 is 64.3 Å². The summed E-state index contributed by atoms with van der Waals surface area (Å²) in [5.74, 6) is -48.4. The van der Waals surface area contributed by atoms with Crippen molar-refractivity contribution in [3.05, 3.63) is 23.1 Å². The molecule has 0 nitrogen and oxygen atoms in total.